The summed E-state index contributed by atoms with van der Waals surface area (Å²) in [7, 11) is 0. The number of halogens is 3. The Balaban J connectivity index is 0.000000367. The van der Waals surface area contributed by atoms with Crippen molar-refractivity contribution < 1.29 is 32.3 Å². The maximum Gasteiger partial charge on any atom is 0.575 e. The van der Waals surface area contributed by atoms with Gasteiger partial charge in [-0.1, -0.05) is 30.3 Å². The Labute approximate surface area is 113 Å². The molecule has 0 aromatic heterocycles. The van der Waals surface area contributed by atoms with Gasteiger partial charge in [0.05, 0.1) is 0 Å². The molecule has 0 atom stereocenters. The lowest BCUT2D eigenvalue weighted by atomic mass is 10.2. The number of rotatable bonds is 3. The van der Waals surface area contributed by atoms with Gasteiger partial charge >= 0.3 is 12.3 Å². The fourth-order valence-corrected chi connectivity index (χ4v) is 1.04. The highest BCUT2D eigenvalue weighted by Gasteiger charge is 2.33. The van der Waals surface area contributed by atoms with Gasteiger partial charge in [-0.3, -0.25) is 14.4 Å². The molecule has 0 fully saturated rings. The Bertz CT molecular complexity index is 466. The predicted molar refractivity (Wildman–Crippen MR) is 63.9 cm³/mol. The zero-order valence-electron chi connectivity index (χ0n) is 10.9. The lowest BCUT2D eigenvalue weighted by Crippen LogP contribution is -2.20. The smallest absolute Gasteiger partial charge is 0.373 e. The Morgan fingerprint density at radius 1 is 1.05 bits per heavy atom. The molecule has 0 amide bonds. The van der Waals surface area contributed by atoms with Crippen molar-refractivity contribution in [3.05, 3.63) is 35.9 Å². The summed E-state index contributed by atoms with van der Waals surface area (Å²) < 4.78 is 36.5. The van der Waals surface area contributed by atoms with Crippen LogP contribution in [0.25, 0.3) is 0 Å². The molecular formula is C13H13F3O4. The van der Waals surface area contributed by atoms with E-state index in [4.69, 9.17) is 0 Å². The van der Waals surface area contributed by atoms with Crippen LogP contribution in [-0.4, -0.2) is 23.9 Å². The Morgan fingerprint density at radius 3 is 1.85 bits per heavy atom. The van der Waals surface area contributed by atoms with Crippen molar-refractivity contribution in [3.63, 3.8) is 0 Å². The normalized spacial score (nSPS) is 10.1. The third-order valence-electron chi connectivity index (χ3n) is 1.80. The van der Waals surface area contributed by atoms with Crippen LogP contribution in [0.2, 0.25) is 0 Å². The van der Waals surface area contributed by atoms with Crippen LogP contribution in [0.4, 0.5) is 13.2 Å². The van der Waals surface area contributed by atoms with Crippen LogP contribution in [0.15, 0.2) is 30.3 Å². The molecule has 0 saturated carbocycles. The van der Waals surface area contributed by atoms with Gasteiger partial charge in [0.25, 0.3) is 0 Å². The zero-order chi connectivity index (χ0) is 15.8. The quantitative estimate of drug-likeness (QED) is 0.488. The van der Waals surface area contributed by atoms with Crippen molar-refractivity contribution >= 4 is 17.5 Å². The highest BCUT2D eigenvalue weighted by Crippen LogP contribution is 2.16. The topological polar surface area (TPSA) is 60.4 Å². The average molecular weight is 290 g/mol. The Morgan fingerprint density at radius 2 is 1.55 bits per heavy atom. The molecule has 1 aromatic carbocycles. The van der Waals surface area contributed by atoms with Gasteiger partial charge in [-0.2, -0.15) is 0 Å². The molecule has 20 heavy (non-hydrogen) atoms. The van der Waals surface area contributed by atoms with Crippen molar-refractivity contribution in [1.29, 1.82) is 0 Å². The minimum Gasteiger partial charge on any atom is -0.373 e. The molecule has 0 aliphatic heterocycles. The van der Waals surface area contributed by atoms with Crippen molar-refractivity contribution in [2.45, 2.75) is 26.6 Å². The number of hydrogen-bond donors (Lipinski definition) is 0. The Hall–Kier alpha value is -2.18. The molecule has 0 heterocycles. The van der Waals surface area contributed by atoms with E-state index in [1.165, 1.54) is 0 Å². The number of ketones is 2. The molecule has 7 heteroatoms. The lowest BCUT2D eigenvalue weighted by molar-refractivity contribution is -0.305. The number of alkyl halides is 3. The number of benzene rings is 1. The lowest BCUT2D eigenvalue weighted by Gasteiger charge is -2.04. The largest absolute Gasteiger partial charge is 0.575 e. The third kappa shape index (κ3) is 9.81. The van der Waals surface area contributed by atoms with Crippen LogP contribution in [0, 0.1) is 0 Å². The molecule has 0 bridgehead atoms. The first-order valence-corrected chi connectivity index (χ1v) is 5.46. The predicted octanol–water partition coefficient (Wildman–Crippen LogP) is 2.92. The van der Waals surface area contributed by atoms with Crippen molar-refractivity contribution in [2.75, 3.05) is 0 Å². The highest BCUT2D eigenvalue weighted by atomic mass is 19.4. The first kappa shape index (κ1) is 17.8. The SMILES string of the molecule is CC(=O)CC(=O)OC(F)(F)F.CC(=O)c1ccccc1. The van der Waals surface area contributed by atoms with Crippen LogP contribution < -0.4 is 0 Å². The van der Waals surface area contributed by atoms with Crippen LogP contribution in [0.1, 0.15) is 30.6 Å². The summed E-state index contributed by atoms with van der Waals surface area (Å²) in [6.07, 6.45) is -5.84. The molecule has 110 valence electrons. The molecule has 1 aromatic rings. The summed E-state index contributed by atoms with van der Waals surface area (Å²) in [5.74, 6) is -2.13. The third-order valence-corrected chi connectivity index (χ3v) is 1.80. The van der Waals surface area contributed by atoms with E-state index in [1.807, 2.05) is 30.3 Å². The molecule has 0 radical (unpaired) electrons. The summed E-state index contributed by atoms with van der Waals surface area (Å²) in [5.41, 5.74) is 0.775. The van der Waals surface area contributed by atoms with E-state index >= 15 is 0 Å². The Kier molecular flexibility index (Phi) is 7.20. The molecule has 0 saturated heterocycles. The minimum atomic E-state index is -4.99. The van der Waals surface area contributed by atoms with E-state index in [-0.39, 0.29) is 5.78 Å². The van der Waals surface area contributed by atoms with Gasteiger partial charge in [0.15, 0.2) is 5.78 Å². The maximum atomic E-state index is 11.2. The molecule has 0 unspecified atom stereocenters. The zero-order valence-corrected chi connectivity index (χ0v) is 10.9. The molecule has 1 rings (SSSR count). The van der Waals surface area contributed by atoms with Crippen LogP contribution >= 0.6 is 0 Å². The molecular weight excluding hydrogens is 277 g/mol. The van der Waals surface area contributed by atoms with E-state index in [9.17, 15) is 27.6 Å². The van der Waals surface area contributed by atoms with Gasteiger partial charge in [-0.15, -0.1) is 13.2 Å². The van der Waals surface area contributed by atoms with Crippen LogP contribution in [-0.2, 0) is 14.3 Å². The van der Waals surface area contributed by atoms with E-state index in [0.717, 1.165) is 12.5 Å². The second-order valence-electron chi connectivity index (χ2n) is 3.72. The van der Waals surface area contributed by atoms with Crippen LogP contribution in [0.5, 0.6) is 0 Å². The minimum absolute atomic E-state index is 0.121. The van der Waals surface area contributed by atoms with E-state index in [0.29, 0.717) is 0 Å². The van der Waals surface area contributed by atoms with Gasteiger partial charge in [-0.05, 0) is 13.8 Å². The average Bonchev–Trinajstić information content (AvgIpc) is 2.27. The monoisotopic (exact) mass is 290 g/mol. The first-order chi connectivity index (χ1) is 9.11. The molecule has 4 nitrogen and oxygen atoms in total. The first-order valence-electron chi connectivity index (χ1n) is 5.46. The number of carbonyl (C=O) groups excluding carboxylic acids is 3. The maximum absolute atomic E-state index is 11.2. The second kappa shape index (κ2) is 8.08. The van der Waals surface area contributed by atoms with Gasteiger partial charge in [-0.25, -0.2) is 0 Å². The standard InChI is InChI=1S/C8H8O.C5H5F3O3/c1-7(9)8-5-3-2-4-6-8;1-3(9)2-4(10)11-5(6,7)8/h2-6H,1H3;2H2,1H3. The van der Waals surface area contributed by atoms with E-state index in [1.54, 1.807) is 6.92 Å². The van der Waals surface area contributed by atoms with Crippen molar-refractivity contribution in [3.8, 4) is 0 Å². The molecule has 0 aliphatic rings. The molecule has 0 aliphatic carbocycles. The fraction of sp³-hybridized carbons (Fsp3) is 0.308. The summed E-state index contributed by atoms with van der Waals surface area (Å²) in [6, 6.07) is 9.23. The fourth-order valence-electron chi connectivity index (χ4n) is 1.04. The summed E-state index contributed by atoms with van der Waals surface area (Å²) >= 11 is 0. The van der Waals surface area contributed by atoms with E-state index in [2.05, 4.69) is 4.74 Å². The summed E-state index contributed by atoms with van der Waals surface area (Å²) in [5, 5.41) is 0. The van der Waals surface area contributed by atoms with Crippen molar-refractivity contribution in [1.82, 2.24) is 0 Å². The van der Waals surface area contributed by atoms with Gasteiger partial charge in [0.2, 0.25) is 0 Å². The molecule has 0 spiro atoms. The number of carbonyl (C=O) groups is 3. The van der Waals surface area contributed by atoms with Gasteiger partial charge < -0.3 is 4.74 Å². The summed E-state index contributed by atoms with van der Waals surface area (Å²) in [6.45, 7) is 2.56. The number of Topliss-reactive ketones (excluding diaryl/α,β-unsaturated/α-hetero) is 2. The van der Waals surface area contributed by atoms with Gasteiger partial charge in [0, 0.05) is 5.56 Å². The second-order valence-corrected chi connectivity index (χ2v) is 3.72. The number of hydrogen-bond acceptors (Lipinski definition) is 4. The van der Waals surface area contributed by atoms with Crippen LogP contribution in [0.3, 0.4) is 0 Å². The summed E-state index contributed by atoms with van der Waals surface area (Å²) in [4.78, 5) is 30.8. The van der Waals surface area contributed by atoms with Crippen molar-refractivity contribution in [2.24, 2.45) is 0 Å². The number of ether oxygens (including phenoxy) is 1. The van der Waals surface area contributed by atoms with Gasteiger partial charge in [0.1, 0.15) is 12.2 Å². The van der Waals surface area contributed by atoms with E-state index < -0.39 is 24.5 Å². The molecule has 0 N–H and O–H groups in total. The number of esters is 1. The highest BCUT2D eigenvalue weighted by molar-refractivity contribution is 5.94.